The van der Waals surface area contributed by atoms with Gasteiger partial charge in [0.1, 0.15) is 5.70 Å². The maximum absolute atomic E-state index is 12.9. The fourth-order valence-corrected chi connectivity index (χ4v) is 3.77. The van der Waals surface area contributed by atoms with Crippen molar-refractivity contribution in [3.63, 3.8) is 0 Å². The van der Waals surface area contributed by atoms with Crippen LogP contribution in [0.25, 0.3) is 5.57 Å². The molecule has 0 aliphatic carbocycles. The van der Waals surface area contributed by atoms with Gasteiger partial charge >= 0.3 is 0 Å². The Balaban J connectivity index is 1.91. The van der Waals surface area contributed by atoms with Gasteiger partial charge in [0.2, 0.25) is 0 Å². The van der Waals surface area contributed by atoms with E-state index in [4.69, 9.17) is 4.74 Å². The highest BCUT2D eigenvalue weighted by atomic mass is 32.1. The zero-order valence-electron chi connectivity index (χ0n) is 13.4. The molecule has 3 heterocycles. The van der Waals surface area contributed by atoms with Crippen molar-refractivity contribution in [1.29, 1.82) is 0 Å². The Bertz CT molecular complexity index is 603. The van der Waals surface area contributed by atoms with Crippen LogP contribution in [0.4, 0.5) is 0 Å². The summed E-state index contributed by atoms with van der Waals surface area (Å²) < 4.78 is 5.38. The van der Waals surface area contributed by atoms with Crippen molar-refractivity contribution in [2.24, 2.45) is 0 Å². The Morgan fingerprint density at radius 3 is 2.61 bits per heavy atom. The monoisotopic (exact) mass is 334 g/mol. The lowest BCUT2D eigenvalue weighted by atomic mass is 10.1. The van der Waals surface area contributed by atoms with Crippen LogP contribution in [0.15, 0.2) is 23.2 Å². The van der Waals surface area contributed by atoms with Crippen molar-refractivity contribution < 1.29 is 14.3 Å². The summed E-state index contributed by atoms with van der Waals surface area (Å²) in [5.41, 5.74) is 1.14. The lowest BCUT2D eigenvalue weighted by molar-refractivity contribution is -0.137. The van der Waals surface area contributed by atoms with Crippen LogP contribution in [0.2, 0.25) is 0 Å². The van der Waals surface area contributed by atoms with Gasteiger partial charge in [-0.15, -0.1) is 11.3 Å². The first-order valence-corrected chi connectivity index (χ1v) is 9.09. The highest BCUT2D eigenvalue weighted by Crippen LogP contribution is 2.34. The van der Waals surface area contributed by atoms with E-state index < -0.39 is 0 Å². The number of imide groups is 1. The molecule has 2 aliphatic rings. The molecule has 124 valence electrons. The Morgan fingerprint density at radius 1 is 1.17 bits per heavy atom. The van der Waals surface area contributed by atoms with Crippen molar-refractivity contribution in [2.75, 3.05) is 32.8 Å². The van der Waals surface area contributed by atoms with Crippen LogP contribution in [0.1, 0.15) is 31.1 Å². The van der Waals surface area contributed by atoms with E-state index in [0.717, 1.165) is 24.1 Å². The van der Waals surface area contributed by atoms with Crippen LogP contribution in [-0.2, 0) is 14.3 Å². The normalized spacial score (nSPS) is 19.2. The smallest absolute Gasteiger partial charge is 0.277 e. The maximum atomic E-state index is 12.9. The summed E-state index contributed by atoms with van der Waals surface area (Å²) in [7, 11) is 0. The van der Waals surface area contributed by atoms with Gasteiger partial charge in [-0.1, -0.05) is 25.8 Å². The molecule has 23 heavy (non-hydrogen) atoms. The van der Waals surface area contributed by atoms with E-state index in [1.54, 1.807) is 0 Å². The molecule has 5 nitrogen and oxygen atoms in total. The van der Waals surface area contributed by atoms with Gasteiger partial charge in [0.15, 0.2) is 0 Å². The number of ether oxygens (including phenoxy) is 1. The molecule has 0 unspecified atom stereocenters. The molecule has 0 aromatic carbocycles. The number of morpholine rings is 1. The van der Waals surface area contributed by atoms with Crippen molar-refractivity contribution in [1.82, 2.24) is 9.80 Å². The predicted molar refractivity (Wildman–Crippen MR) is 89.9 cm³/mol. The molecule has 1 saturated heterocycles. The quantitative estimate of drug-likeness (QED) is 0.592. The summed E-state index contributed by atoms with van der Waals surface area (Å²) >= 11 is 1.51. The number of carbonyl (C=O) groups is 2. The van der Waals surface area contributed by atoms with E-state index in [1.165, 1.54) is 16.2 Å². The molecule has 3 rings (SSSR count). The first kappa shape index (κ1) is 16.2. The molecule has 0 bridgehead atoms. The van der Waals surface area contributed by atoms with Crippen LogP contribution in [0.3, 0.4) is 0 Å². The molecule has 0 radical (unpaired) electrons. The Morgan fingerprint density at radius 2 is 1.96 bits per heavy atom. The average molecular weight is 334 g/mol. The van der Waals surface area contributed by atoms with Crippen molar-refractivity contribution in [3.05, 3.63) is 28.1 Å². The number of hydrogen-bond acceptors (Lipinski definition) is 5. The lowest BCUT2D eigenvalue weighted by Crippen LogP contribution is -2.40. The summed E-state index contributed by atoms with van der Waals surface area (Å²) in [6.45, 7) is 5.13. The number of nitrogens with zero attached hydrogens (tertiary/aromatic N) is 2. The molecular weight excluding hydrogens is 312 g/mol. The van der Waals surface area contributed by atoms with Crippen LogP contribution in [0, 0.1) is 0 Å². The number of carbonyl (C=O) groups excluding carboxylic acids is 2. The summed E-state index contributed by atoms with van der Waals surface area (Å²) in [5, 5.41) is 1.94. The summed E-state index contributed by atoms with van der Waals surface area (Å²) in [4.78, 5) is 30.1. The zero-order valence-corrected chi connectivity index (χ0v) is 14.2. The lowest BCUT2D eigenvalue weighted by Gasteiger charge is -2.29. The third-order valence-electron chi connectivity index (χ3n) is 4.22. The fourth-order valence-electron chi connectivity index (χ4n) is 3.01. The van der Waals surface area contributed by atoms with Crippen LogP contribution < -0.4 is 0 Å². The molecule has 1 aromatic rings. The predicted octanol–water partition coefficient (Wildman–Crippen LogP) is 2.35. The molecular formula is C17H22N2O3S. The molecule has 2 aliphatic heterocycles. The van der Waals surface area contributed by atoms with Crippen molar-refractivity contribution in [3.8, 4) is 0 Å². The zero-order chi connectivity index (χ0) is 16.2. The maximum Gasteiger partial charge on any atom is 0.277 e. The van der Waals surface area contributed by atoms with Gasteiger partial charge in [0.25, 0.3) is 11.8 Å². The van der Waals surface area contributed by atoms with E-state index in [9.17, 15) is 9.59 Å². The van der Waals surface area contributed by atoms with Crippen molar-refractivity contribution in [2.45, 2.75) is 26.2 Å². The standard InChI is InChI=1S/C17H22N2O3S/c1-2-3-4-7-19-16(20)14(13-6-5-12-23-13)15(17(19)21)18-8-10-22-11-9-18/h5-6,12H,2-4,7-11H2,1H3. The second kappa shape index (κ2) is 7.27. The highest BCUT2D eigenvalue weighted by Gasteiger charge is 2.41. The van der Waals surface area contributed by atoms with Gasteiger partial charge in [0, 0.05) is 24.5 Å². The molecule has 0 atom stereocenters. The van der Waals surface area contributed by atoms with Gasteiger partial charge in [-0.05, 0) is 17.9 Å². The van der Waals surface area contributed by atoms with Gasteiger partial charge in [0.05, 0.1) is 18.8 Å². The van der Waals surface area contributed by atoms with E-state index in [2.05, 4.69) is 6.92 Å². The van der Waals surface area contributed by atoms with E-state index >= 15 is 0 Å². The van der Waals surface area contributed by atoms with Crippen LogP contribution in [-0.4, -0.2) is 54.5 Å². The van der Waals surface area contributed by atoms with E-state index in [0.29, 0.717) is 44.1 Å². The first-order valence-electron chi connectivity index (χ1n) is 8.21. The number of unbranched alkanes of at least 4 members (excludes halogenated alkanes) is 2. The average Bonchev–Trinajstić information content (AvgIpc) is 3.17. The molecule has 1 fully saturated rings. The minimum Gasteiger partial charge on any atom is -0.378 e. The third-order valence-corrected chi connectivity index (χ3v) is 5.11. The van der Waals surface area contributed by atoms with Gasteiger partial charge in [-0.2, -0.15) is 0 Å². The molecule has 0 N–H and O–H groups in total. The Hall–Kier alpha value is -1.66. The molecule has 6 heteroatoms. The van der Waals surface area contributed by atoms with Gasteiger partial charge < -0.3 is 9.64 Å². The second-order valence-electron chi connectivity index (χ2n) is 5.77. The minimum absolute atomic E-state index is 0.142. The van der Waals surface area contributed by atoms with Crippen LogP contribution in [0.5, 0.6) is 0 Å². The number of thiophene rings is 1. The third kappa shape index (κ3) is 3.19. The highest BCUT2D eigenvalue weighted by molar-refractivity contribution is 7.11. The largest absolute Gasteiger partial charge is 0.378 e. The first-order chi connectivity index (χ1) is 11.2. The molecule has 0 saturated carbocycles. The Kier molecular flexibility index (Phi) is 5.13. The fraction of sp³-hybridized carbons (Fsp3) is 0.529. The van der Waals surface area contributed by atoms with Gasteiger partial charge in [-0.3, -0.25) is 14.5 Å². The van der Waals surface area contributed by atoms with Crippen molar-refractivity contribution >= 4 is 28.7 Å². The number of rotatable bonds is 6. The minimum atomic E-state index is -0.143. The molecule has 2 amide bonds. The number of hydrogen-bond donors (Lipinski definition) is 0. The SMILES string of the molecule is CCCCCN1C(=O)C(c2cccs2)=C(N2CCOCC2)C1=O. The van der Waals surface area contributed by atoms with E-state index in [-0.39, 0.29) is 11.8 Å². The summed E-state index contributed by atoms with van der Waals surface area (Å²) in [6, 6.07) is 3.84. The van der Waals surface area contributed by atoms with Gasteiger partial charge in [-0.25, -0.2) is 0 Å². The second-order valence-corrected chi connectivity index (χ2v) is 6.72. The summed E-state index contributed by atoms with van der Waals surface area (Å²) in [5.74, 6) is -0.286. The Labute approximate surface area is 140 Å². The van der Waals surface area contributed by atoms with E-state index in [1.807, 2.05) is 22.4 Å². The summed E-state index contributed by atoms with van der Waals surface area (Å²) in [6.07, 6.45) is 2.96. The molecule has 0 spiro atoms. The number of amides is 2. The van der Waals surface area contributed by atoms with Crippen LogP contribution >= 0.6 is 11.3 Å². The topological polar surface area (TPSA) is 49.9 Å². The molecule has 1 aromatic heterocycles.